The predicted molar refractivity (Wildman–Crippen MR) is 166 cm³/mol. The quantitative estimate of drug-likeness (QED) is 0.390. The number of amides is 1. The zero-order valence-corrected chi connectivity index (χ0v) is 26.3. The molecule has 4 bridgehead atoms. The molecule has 2 aromatic carbocycles. The summed E-state index contributed by atoms with van der Waals surface area (Å²) in [6, 6.07) is 13.4. The first-order valence-electron chi connectivity index (χ1n) is 14.8. The summed E-state index contributed by atoms with van der Waals surface area (Å²) in [6.45, 7) is 10.9. The van der Waals surface area contributed by atoms with Crippen LogP contribution in [0.2, 0.25) is 0 Å². The number of Topliss-reactive ketones (excluding diaryl/α,β-unsaturated/α-hetero) is 1. The molecule has 43 heavy (non-hydrogen) atoms. The molecule has 1 aliphatic carbocycles. The second-order valence-corrected chi connectivity index (χ2v) is 14.7. The van der Waals surface area contributed by atoms with E-state index >= 15 is 0 Å². The Bertz CT molecular complexity index is 1620. The number of benzene rings is 2. The summed E-state index contributed by atoms with van der Waals surface area (Å²) in [6.07, 6.45) is 3.11. The molecule has 2 aliphatic rings. The SMILES string of the molecule is Cc1cccc(C)c1-c1cc2nc(n1)NS(=O)(=O)c1cccc(c1)C(=O)N(CC1CCC(=O)CC1)[C@H](CC(C)(C)C)CO2. The lowest BCUT2D eigenvalue weighted by atomic mass is 9.85. The van der Waals surface area contributed by atoms with Gasteiger partial charge in [0.2, 0.25) is 11.8 Å². The van der Waals surface area contributed by atoms with Gasteiger partial charge < -0.3 is 9.64 Å². The van der Waals surface area contributed by atoms with Crippen LogP contribution in [0, 0.1) is 25.2 Å². The highest BCUT2D eigenvalue weighted by molar-refractivity contribution is 7.92. The van der Waals surface area contributed by atoms with Gasteiger partial charge in [-0.25, -0.2) is 18.1 Å². The highest BCUT2D eigenvalue weighted by atomic mass is 32.2. The van der Waals surface area contributed by atoms with Crippen LogP contribution in [0.1, 0.15) is 74.4 Å². The first-order chi connectivity index (χ1) is 20.3. The molecule has 3 aromatic rings. The van der Waals surface area contributed by atoms with Gasteiger partial charge in [0.1, 0.15) is 12.4 Å². The van der Waals surface area contributed by atoms with Crippen molar-refractivity contribution < 1.29 is 22.7 Å². The Balaban J connectivity index is 1.64. The molecule has 0 unspecified atom stereocenters. The summed E-state index contributed by atoms with van der Waals surface area (Å²) in [7, 11) is -4.13. The van der Waals surface area contributed by atoms with Gasteiger partial charge in [0.25, 0.3) is 15.9 Å². The normalized spacial score (nSPS) is 19.5. The second-order valence-electron chi connectivity index (χ2n) is 13.0. The van der Waals surface area contributed by atoms with E-state index < -0.39 is 10.0 Å². The van der Waals surface area contributed by atoms with Crippen LogP contribution in [-0.2, 0) is 14.8 Å². The van der Waals surface area contributed by atoms with Crippen LogP contribution in [0.3, 0.4) is 0 Å². The Morgan fingerprint density at radius 2 is 1.65 bits per heavy atom. The van der Waals surface area contributed by atoms with Crippen molar-refractivity contribution in [3.05, 3.63) is 65.2 Å². The molecule has 1 saturated carbocycles. The van der Waals surface area contributed by atoms with Crippen LogP contribution in [0.4, 0.5) is 5.95 Å². The van der Waals surface area contributed by atoms with E-state index in [0.717, 1.165) is 29.5 Å². The molecule has 0 saturated heterocycles. The minimum atomic E-state index is -4.13. The number of nitrogens with zero attached hydrogens (tertiary/aromatic N) is 3. The standard InChI is InChI=1S/C33H40N4O5S/c1-21-8-6-9-22(2)30(21)28-17-29-35-32(34-28)36-43(40,41)27-11-7-10-24(16-27)31(39)37(19-23-12-14-26(38)15-13-23)25(20-42-29)18-33(3,4)5/h6-11,16-17,23,25H,12-15,18-20H2,1-5H3,(H,34,35,36)/t25-/m1/s1. The van der Waals surface area contributed by atoms with Gasteiger partial charge in [-0.15, -0.1) is 0 Å². The van der Waals surface area contributed by atoms with Crippen molar-refractivity contribution in [2.24, 2.45) is 11.3 Å². The van der Waals surface area contributed by atoms with Crippen molar-refractivity contribution in [2.45, 2.75) is 77.7 Å². The third-order valence-corrected chi connectivity index (χ3v) is 9.47. The number of hydrogen-bond donors (Lipinski definition) is 1. The van der Waals surface area contributed by atoms with Crippen molar-refractivity contribution in [3.63, 3.8) is 0 Å². The Kier molecular flexibility index (Phi) is 8.61. The molecular formula is C33H40N4O5S. The van der Waals surface area contributed by atoms with Gasteiger partial charge in [-0.2, -0.15) is 4.98 Å². The Hall–Kier alpha value is -3.79. The number of aromatic nitrogens is 2. The fourth-order valence-electron chi connectivity index (χ4n) is 6.04. The van der Waals surface area contributed by atoms with Gasteiger partial charge in [0.05, 0.1) is 16.6 Å². The maximum atomic E-state index is 14.2. The van der Waals surface area contributed by atoms with E-state index in [1.165, 1.54) is 12.1 Å². The first-order valence-corrected chi connectivity index (χ1v) is 16.3. The van der Waals surface area contributed by atoms with E-state index in [4.69, 9.17) is 4.74 Å². The lowest BCUT2D eigenvalue weighted by Gasteiger charge is -2.38. The molecule has 1 atom stereocenters. The zero-order valence-electron chi connectivity index (χ0n) is 25.5. The number of rotatable bonds is 4. The summed E-state index contributed by atoms with van der Waals surface area (Å²) in [5.41, 5.74) is 3.51. The van der Waals surface area contributed by atoms with Crippen LogP contribution in [0.5, 0.6) is 5.88 Å². The van der Waals surface area contributed by atoms with Crippen LogP contribution < -0.4 is 9.46 Å². The summed E-state index contributed by atoms with van der Waals surface area (Å²) in [5.74, 6) is 0.259. The van der Waals surface area contributed by atoms with Gasteiger partial charge in [-0.1, -0.05) is 45.0 Å². The van der Waals surface area contributed by atoms with Gasteiger partial charge in [-0.3, -0.25) is 9.59 Å². The Labute approximate surface area is 254 Å². The molecule has 1 aliphatic heterocycles. The average molecular weight is 605 g/mol. The minimum Gasteiger partial charge on any atom is -0.475 e. The van der Waals surface area contributed by atoms with Gasteiger partial charge in [0, 0.05) is 36.6 Å². The van der Waals surface area contributed by atoms with Crippen molar-refractivity contribution in [2.75, 3.05) is 17.9 Å². The molecule has 2 heterocycles. The van der Waals surface area contributed by atoms with Gasteiger partial charge in [-0.05, 0) is 73.8 Å². The molecule has 1 aromatic heterocycles. The summed E-state index contributed by atoms with van der Waals surface area (Å²) in [5, 5.41) is 0. The Morgan fingerprint density at radius 3 is 2.33 bits per heavy atom. The lowest BCUT2D eigenvalue weighted by Crippen LogP contribution is -2.48. The molecule has 9 nitrogen and oxygen atoms in total. The smallest absolute Gasteiger partial charge is 0.264 e. The summed E-state index contributed by atoms with van der Waals surface area (Å²) in [4.78, 5) is 37.0. The molecule has 1 fully saturated rings. The van der Waals surface area contributed by atoms with Gasteiger partial charge in [0.15, 0.2) is 0 Å². The first kappa shape index (κ1) is 30.7. The van der Waals surface area contributed by atoms with Crippen LogP contribution in [0.25, 0.3) is 11.3 Å². The van der Waals surface area contributed by atoms with Crippen LogP contribution in [0.15, 0.2) is 53.4 Å². The molecule has 5 rings (SSSR count). The average Bonchev–Trinajstić information content (AvgIpc) is 2.93. The Morgan fingerprint density at radius 1 is 0.977 bits per heavy atom. The molecule has 228 valence electrons. The molecule has 10 heteroatoms. The van der Waals surface area contributed by atoms with E-state index in [9.17, 15) is 18.0 Å². The maximum absolute atomic E-state index is 14.2. The van der Waals surface area contributed by atoms with Crippen LogP contribution in [-0.4, -0.2) is 54.2 Å². The van der Waals surface area contributed by atoms with E-state index in [0.29, 0.717) is 31.5 Å². The number of sulfonamides is 1. The highest BCUT2D eigenvalue weighted by Crippen LogP contribution is 2.32. The number of anilines is 1. The zero-order chi connectivity index (χ0) is 30.9. The van der Waals surface area contributed by atoms with Crippen molar-refractivity contribution in [1.82, 2.24) is 14.9 Å². The van der Waals surface area contributed by atoms with Crippen molar-refractivity contribution >= 4 is 27.7 Å². The summed E-state index contributed by atoms with van der Waals surface area (Å²) < 4.78 is 36.0. The molecule has 1 amide bonds. The van der Waals surface area contributed by atoms with Crippen molar-refractivity contribution in [1.29, 1.82) is 0 Å². The number of fused-ring (bicyclic) bond motifs is 4. The lowest BCUT2D eigenvalue weighted by molar-refractivity contribution is -0.121. The summed E-state index contributed by atoms with van der Waals surface area (Å²) >= 11 is 0. The second kappa shape index (κ2) is 12.1. The maximum Gasteiger partial charge on any atom is 0.264 e. The number of nitrogens with one attached hydrogen (secondary N) is 1. The molecule has 0 spiro atoms. The third-order valence-electron chi connectivity index (χ3n) is 8.15. The van der Waals surface area contributed by atoms with Crippen molar-refractivity contribution in [3.8, 4) is 17.1 Å². The van der Waals surface area contributed by atoms with E-state index in [-0.39, 0.29) is 58.0 Å². The number of carbonyl (C=O) groups is 2. The number of aryl methyl sites for hydroxylation is 2. The number of ketones is 1. The van der Waals surface area contributed by atoms with E-state index in [2.05, 4.69) is 35.5 Å². The fourth-order valence-corrected chi connectivity index (χ4v) is 7.03. The predicted octanol–water partition coefficient (Wildman–Crippen LogP) is 5.96. The minimum absolute atomic E-state index is 0.0586. The molecule has 1 N–H and O–H groups in total. The monoisotopic (exact) mass is 604 g/mol. The van der Waals surface area contributed by atoms with Crippen LogP contribution >= 0.6 is 0 Å². The fraction of sp³-hybridized carbons (Fsp3) is 0.455. The molecule has 0 radical (unpaired) electrons. The topological polar surface area (TPSA) is 119 Å². The molecular weight excluding hydrogens is 564 g/mol. The van der Waals surface area contributed by atoms with Gasteiger partial charge >= 0.3 is 0 Å². The number of carbonyl (C=O) groups excluding carboxylic acids is 2. The highest BCUT2D eigenvalue weighted by Gasteiger charge is 2.33. The van der Waals surface area contributed by atoms with E-state index in [1.54, 1.807) is 18.2 Å². The third kappa shape index (κ3) is 7.24. The number of hydrogen-bond acceptors (Lipinski definition) is 7. The largest absolute Gasteiger partial charge is 0.475 e. The van der Waals surface area contributed by atoms with E-state index in [1.807, 2.05) is 36.9 Å². The number of ether oxygens (including phenoxy) is 1.